The Bertz CT molecular complexity index is 2420. The molecule has 0 bridgehead atoms. The van der Waals surface area contributed by atoms with Gasteiger partial charge in [0.05, 0.1) is 44.2 Å². The van der Waals surface area contributed by atoms with Gasteiger partial charge >= 0.3 is 5.97 Å². The molecule has 27 heteroatoms. The van der Waals surface area contributed by atoms with Crippen LogP contribution in [0.1, 0.15) is 120 Å². The first-order chi connectivity index (χ1) is 41.8. The highest BCUT2D eigenvalue weighted by molar-refractivity contribution is 5.81. The van der Waals surface area contributed by atoms with Crippen LogP contribution in [0.5, 0.6) is 0 Å². The van der Waals surface area contributed by atoms with Crippen molar-refractivity contribution < 1.29 is 133 Å². The number of rotatable bonds is 19. The first-order valence-corrected chi connectivity index (χ1v) is 31.8. The summed E-state index contributed by atoms with van der Waals surface area (Å²) in [5.41, 5.74) is -1.78. The van der Waals surface area contributed by atoms with E-state index in [2.05, 4.69) is 40.7 Å². The third kappa shape index (κ3) is 13.5. The third-order valence-corrected chi connectivity index (χ3v) is 22.8. The van der Waals surface area contributed by atoms with Crippen molar-refractivity contribution in [2.75, 3.05) is 33.0 Å². The van der Waals surface area contributed by atoms with Crippen molar-refractivity contribution in [2.24, 2.45) is 45.3 Å². The Labute approximate surface area is 519 Å². The molecule has 9 fully saturated rings. The van der Waals surface area contributed by atoms with Crippen molar-refractivity contribution in [1.82, 2.24) is 0 Å². The van der Waals surface area contributed by atoms with Crippen molar-refractivity contribution in [1.29, 1.82) is 0 Å². The Morgan fingerprint density at radius 3 is 1.84 bits per heavy atom. The van der Waals surface area contributed by atoms with Gasteiger partial charge in [-0.25, -0.2) is 4.79 Å². The van der Waals surface area contributed by atoms with Gasteiger partial charge in [0, 0.05) is 6.08 Å². The number of esters is 1. The molecular weight excluding hydrogens is 1180 g/mol. The van der Waals surface area contributed by atoms with Crippen LogP contribution in [-0.4, -0.2) is 275 Å². The number of aliphatic hydroxyl groups excluding tert-OH is 15. The van der Waals surface area contributed by atoms with E-state index in [1.165, 1.54) is 6.08 Å². The number of carbonyl (C=O) groups is 1. The van der Waals surface area contributed by atoms with E-state index in [4.69, 9.17) is 52.1 Å². The van der Waals surface area contributed by atoms with Gasteiger partial charge in [0.25, 0.3) is 0 Å². The van der Waals surface area contributed by atoms with Gasteiger partial charge in [-0.2, -0.15) is 0 Å². The van der Waals surface area contributed by atoms with Gasteiger partial charge in [0.2, 0.25) is 0 Å². The molecule has 4 aliphatic carbocycles. The average molecular weight is 1280 g/mol. The lowest BCUT2D eigenvalue weighted by Gasteiger charge is -2.71. The molecule has 89 heavy (non-hydrogen) atoms. The topological polar surface area (TPSA) is 422 Å². The first kappa shape index (κ1) is 71.2. The van der Waals surface area contributed by atoms with Crippen molar-refractivity contribution >= 4 is 5.97 Å². The van der Waals surface area contributed by atoms with E-state index < -0.39 is 196 Å². The summed E-state index contributed by atoms with van der Waals surface area (Å²) in [6.07, 6.45) is -27.9. The van der Waals surface area contributed by atoms with E-state index >= 15 is 0 Å². The lowest BCUT2D eigenvalue weighted by Crippen LogP contribution is -2.68. The van der Waals surface area contributed by atoms with Gasteiger partial charge < -0.3 is 129 Å². The van der Waals surface area contributed by atoms with Crippen molar-refractivity contribution in [3.63, 3.8) is 0 Å². The Morgan fingerprint density at radius 1 is 0.584 bits per heavy atom. The van der Waals surface area contributed by atoms with Crippen LogP contribution in [0.2, 0.25) is 0 Å². The number of fused-ring (bicyclic) bond motifs is 5. The molecule has 33 atom stereocenters. The van der Waals surface area contributed by atoms with Gasteiger partial charge in [0.1, 0.15) is 116 Å². The second kappa shape index (κ2) is 28.0. The molecule has 5 saturated heterocycles. The predicted molar refractivity (Wildman–Crippen MR) is 306 cm³/mol. The van der Waals surface area contributed by atoms with Gasteiger partial charge in [-0.05, 0) is 131 Å². The molecule has 5 heterocycles. The van der Waals surface area contributed by atoms with Crippen molar-refractivity contribution in [3.8, 4) is 0 Å². The fraction of sp³-hybridized carbons (Fsp3) is 0.919. The Hall–Kier alpha value is -2.05. The molecule has 5 aliphatic heterocycles. The van der Waals surface area contributed by atoms with E-state index in [1.54, 1.807) is 6.92 Å². The molecule has 4 saturated carbocycles. The van der Waals surface area contributed by atoms with Gasteiger partial charge in [-0.3, -0.25) is 0 Å². The summed E-state index contributed by atoms with van der Waals surface area (Å²) >= 11 is 0. The van der Waals surface area contributed by atoms with Crippen LogP contribution >= 0.6 is 0 Å². The molecule has 0 aromatic rings. The molecule has 9 aliphatic rings. The maximum atomic E-state index is 13.0. The second-order valence-electron chi connectivity index (χ2n) is 28.6. The molecule has 27 nitrogen and oxygen atoms in total. The number of hydrogen-bond donors (Lipinski definition) is 15. The van der Waals surface area contributed by atoms with Crippen molar-refractivity contribution in [2.45, 2.75) is 279 Å². The molecular formula is C62H102O27. The fourth-order valence-corrected chi connectivity index (χ4v) is 17.5. The molecule has 0 unspecified atom stereocenters. The number of ether oxygens (including phenoxy) is 11. The zero-order valence-corrected chi connectivity index (χ0v) is 52.5. The summed E-state index contributed by atoms with van der Waals surface area (Å²) < 4.78 is 65.9. The molecule has 0 amide bonds. The highest BCUT2D eigenvalue weighted by Crippen LogP contribution is 2.76. The smallest absolute Gasteiger partial charge is 0.330 e. The van der Waals surface area contributed by atoms with E-state index in [1.807, 2.05) is 20.8 Å². The van der Waals surface area contributed by atoms with Gasteiger partial charge in [-0.15, -0.1) is 0 Å². The zero-order chi connectivity index (χ0) is 65.2. The maximum absolute atomic E-state index is 13.0. The van der Waals surface area contributed by atoms with Gasteiger partial charge in [0.15, 0.2) is 31.5 Å². The molecule has 9 rings (SSSR count). The number of allylic oxidation sites excluding steroid dienone is 3. The quantitative estimate of drug-likeness (QED) is 0.0289. The highest BCUT2D eigenvalue weighted by atomic mass is 16.8. The predicted octanol–water partition coefficient (Wildman–Crippen LogP) is -1.97. The minimum atomic E-state index is -1.88. The normalized spacial score (nSPS) is 50.7. The average Bonchev–Trinajstić information content (AvgIpc) is 1.67. The number of hydrogen-bond acceptors (Lipinski definition) is 27. The minimum Gasteiger partial charge on any atom is -0.460 e. The Kier molecular flexibility index (Phi) is 22.4. The standard InChI is InChI=1S/C62H102O27/c1-10-12-38(66)79-24-32-42(69)45(72)50(77)55(85-32)88-52-47(74)41(68)31(22-63)83-57(52)87-37-16-18-59(6)35(58(37,4)5)15-20-60(7)36(59)21-29(64)39-28(14-19-61(39,60)8)62(9,17-11-13-27(2)3)89-56-51(78)46(73)43(70)33(86-56)25-81-53-49(76)44(71)34(26-82-53)84-54-48(75)40(67)30(65)23-80-54/h10,12-13,28-37,39-57,63-65,67-78H,11,14-26H2,1-9H3/b12-10+/t28-,29+,30+,31+,32+,33+,34-,35-,36+,37-,39-,40-,41+,42+,43+,44-,45-,46-,47-,48+,49+,50+,51+,52+,53+,54-,55-,56-,57-,59-,60+,61+,62-/m0/s1. The SMILES string of the molecule is C/C=C/C(=O)OC[C@H]1O[C@@H](O[C@H]2[C@H](O[C@H]3CC[C@]4(C)[C@H]5C[C@@H](O)[C@@H]6[C@@H]([C@](C)(CCC=C(C)C)O[C@@H]7O[C@H](CO[C@@H]8OC[C@H](O[C@@H]9OC[C@@H](O)[C@H](O)[C@H]9O)[C@H](O)[C@H]8O)[C@@H](O)[C@H](O)[C@H]7O)CC[C@@]6(C)[C@]5(C)CC[C@H]4C3(C)C)O[C@H](CO)[C@@H](O)[C@@H]2O)[C@H](O)[C@@H](O)[C@@H]1O. The fourth-order valence-electron chi connectivity index (χ4n) is 17.5. The van der Waals surface area contributed by atoms with Crippen LogP contribution in [0.25, 0.3) is 0 Å². The van der Waals surface area contributed by atoms with Crippen LogP contribution in [0.4, 0.5) is 0 Å². The summed E-state index contributed by atoms with van der Waals surface area (Å²) in [4.78, 5) is 12.1. The number of aliphatic hydroxyl groups is 15. The Morgan fingerprint density at radius 2 is 1.18 bits per heavy atom. The second-order valence-corrected chi connectivity index (χ2v) is 28.6. The lowest BCUT2D eigenvalue weighted by atomic mass is 9.35. The summed E-state index contributed by atoms with van der Waals surface area (Å²) in [5, 5.41) is 165. The van der Waals surface area contributed by atoms with Crippen LogP contribution in [0, 0.1) is 45.3 Å². The molecule has 15 N–H and O–H groups in total. The maximum Gasteiger partial charge on any atom is 0.330 e. The first-order valence-electron chi connectivity index (χ1n) is 31.8. The molecule has 0 spiro atoms. The van der Waals surface area contributed by atoms with Crippen LogP contribution in [0.3, 0.4) is 0 Å². The Balaban J connectivity index is 0.891. The highest BCUT2D eigenvalue weighted by Gasteiger charge is 2.72. The largest absolute Gasteiger partial charge is 0.460 e. The molecule has 0 aromatic carbocycles. The van der Waals surface area contributed by atoms with Crippen molar-refractivity contribution in [3.05, 3.63) is 23.8 Å². The van der Waals surface area contributed by atoms with E-state index in [-0.39, 0.29) is 47.7 Å². The molecule has 512 valence electrons. The monoisotopic (exact) mass is 1280 g/mol. The van der Waals surface area contributed by atoms with Crippen LogP contribution in [0.15, 0.2) is 23.8 Å². The van der Waals surface area contributed by atoms with Crippen LogP contribution < -0.4 is 0 Å². The third-order valence-electron chi connectivity index (χ3n) is 22.8. The van der Waals surface area contributed by atoms with Gasteiger partial charge in [-0.1, -0.05) is 52.3 Å². The minimum absolute atomic E-state index is 0.00339. The summed E-state index contributed by atoms with van der Waals surface area (Å²) in [6, 6.07) is 0. The van der Waals surface area contributed by atoms with E-state index in [0.29, 0.717) is 38.5 Å². The summed E-state index contributed by atoms with van der Waals surface area (Å²) in [5.74, 6) is -1.35. The number of carbonyl (C=O) groups excluding carboxylic acids is 1. The van der Waals surface area contributed by atoms with Crippen LogP contribution in [-0.2, 0) is 56.9 Å². The lowest BCUT2D eigenvalue weighted by molar-refractivity contribution is -0.378. The zero-order valence-electron chi connectivity index (χ0n) is 52.5. The summed E-state index contributed by atoms with van der Waals surface area (Å²) in [7, 11) is 0. The van der Waals surface area contributed by atoms with E-state index in [9.17, 15) is 81.4 Å². The summed E-state index contributed by atoms with van der Waals surface area (Å²) in [6.45, 7) is 16.2. The van der Waals surface area contributed by atoms with E-state index in [0.717, 1.165) is 30.9 Å². The molecule has 0 radical (unpaired) electrons. The molecule has 0 aromatic heterocycles.